The maximum absolute atomic E-state index is 14.5. The molecule has 0 fully saturated rings. The number of carbonyl (C=O) groups excluding carboxylic acids is 2. The Balaban J connectivity index is 1.78. The fourth-order valence-corrected chi connectivity index (χ4v) is 3.85. The van der Waals surface area contributed by atoms with Crippen LogP contribution in [0.2, 0.25) is 0 Å². The van der Waals surface area contributed by atoms with E-state index in [-0.39, 0.29) is 11.1 Å². The molecular weight excluding hydrogens is 573 g/mol. The van der Waals surface area contributed by atoms with Crippen LogP contribution >= 0.6 is 0 Å². The number of nitrogens with zero attached hydrogens (tertiary/aromatic N) is 2. The molecule has 0 spiro atoms. The van der Waals surface area contributed by atoms with Crippen LogP contribution in [0.15, 0.2) is 78.9 Å². The quantitative estimate of drug-likeness (QED) is 0.0812. The lowest BCUT2D eigenvalue weighted by Crippen LogP contribution is -2.18. The molecule has 1 N–H and O–H groups in total. The van der Waals surface area contributed by atoms with Gasteiger partial charge in [-0.25, -0.2) is 13.6 Å². The highest BCUT2D eigenvalue weighted by Crippen LogP contribution is 2.38. The van der Waals surface area contributed by atoms with Gasteiger partial charge in [-0.3, -0.25) is 25.0 Å². The molecule has 4 aromatic rings. The zero-order chi connectivity index (χ0) is 30.8. The third-order valence-electron chi connectivity index (χ3n) is 5.75. The lowest BCUT2D eigenvalue weighted by molar-refractivity contribution is -0.388. The first kappa shape index (κ1) is 29.3. The maximum atomic E-state index is 14.5. The second-order valence-corrected chi connectivity index (χ2v) is 8.44. The lowest BCUT2D eigenvalue weighted by atomic mass is 10.0. The third kappa shape index (κ3) is 6.19. The smallest absolute Gasteiger partial charge is 0.422 e. The van der Waals surface area contributed by atoms with Gasteiger partial charge in [0.2, 0.25) is 0 Å². The molecule has 0 bridgehead atoms. The van der Waals surface area contributed by atoms with Gasteiger partial charge >= 0.3 is 12.1 Å². The van der Waals surface area contributed by atoms with Crippen LogP contribution in [0.25, 0.3) is 11.1 Å². The number of esters is 1. The number of benzene rings is 4. The molecule has 0 heterocycles. The molecule has 0 aliphatic heterocycles. The van der Waals surface area contributed by atoms with Crippen LogP contribution in [-0.4, -0.2) is 21.7 Å². The Morgan fingerprint density at radius 3 is 2.12 bits per heavy atom. The second kappa shape index (κ2) is 11.4. The van der Waals surface area contributed by atoms with Gasteiger partial charge in [0.1, 0.15) is 28.5 Å². The average Bonchev–Trinajstić information content (AvgIpc) is 2.92. The molecule has 10 nitrogen and oxygen atoms in total. The number of hydrogen-bond acceptors (Lipinski definition) is 7. The van der Waals surface area contributed by atoms with Gasteiger partial charge in [-0.2, -0.15) is 13.2 Å². The van der Waals surface area contributed by atoms with E-state index in [1.54, 1.807) is 0 Å². The predicted molar refractivity (Wildman–Crippen MR) is 136 cm³/mol. The Bertz CT molecular complexity index is 1760. The topological polar surface area (TPSA) is 142 Å². The number of para-hydroxylation sites is 1. The van der Waals surface area contributed by atoms with Crippen molar-refractivity contribution in [1.29, 1.82) is 0 Å². The molecule has 0 aliphatic rings. The molecule has 4 aromatic carbocycles. The molecule has 0 radical (unpaired) electrons. The molecule has 0 aliphatic carbocycles. The first-order valence-electron chi connectivity index (χ1n) is 11.5. The van der Waals surface area contributed by atoms with Gasteiger partial charge in [0, 0.05) is 29.4 Å². The summed E-state index contributed by atoms with van der Waals surface area (Å²) in [6.07, 6.45) is -5.16. The summed E-state index contributed by atoms with van der Waals surface area (Å²) >= 11 is 0. The second-order valence-electron chi connectivity index (χ2n) is 8.44. The Labute approximate surface area is 231 Å². The highest BCUT2D eigenvalue weighted by Gasteiger charge is 2.38. The Morgan fingerprint density at radius 2 is 1.48 bits per heavy atom. The molecule has 15 heteroatoms. The van der Waals surface area contributed by atoms with Crippen molar-refractivity contribution < 1.29 is 46.1 Å². The molecule has 0 unspecified atom stereocenters. The third-order valence-corrected chi connectivity index (χ3v) is 5.75. The van der Waals surface area contributed by atoms with Gasteiger partial charge in [0.25, 0.3) is 17.3 Å². The van der Waals surface area contributed by atoms with E-state index in [9.17, 15) is 51.8 Å². The minimum absolute atomic E-state index is 0.0391. The molecule has 0 aromatic heterocycles. The van der Waals surface area contributed by atoms with E-state index in [1.165, 1.54) is 18.2 Å². The maximum Gasteiger partial charge on any atom is 0.423 e. The number of carbonyl (C=O) groups is 2. The van der Waals surface area contributed by atoms with Crippen molar-refractivity contribution >= 4 is 28.9 Å². The highest BCUT2D eigenvalue weighted by molar-refractivity contribution is 6.08. The molecule has 0 saturated heterocycles. The summed E-state index contributed by atoms with van der Waals surface area (Å²) in [6.45, 7) is 0. The van der Waals surface area contributed by atoms with Gasteiger partial charge in [-0.15, -0.1) is 0 Å². The molecule has 1 amide bonds. The number of ether oxygens (including phenoxy) is 1. The minimum Gasteiger partial charge on any atom is -0.422 e. The number of amides is 1. The van der Waals surface area contributed by atoms with E-state index in [1.807, 2.05) is 0 Å². The van der Waals surface area contributed by atoms with Crippen LogP contribution in [0.1, 0.15) is 26.3 Å². The Kier molecular flexibility index (Phi) is 7.94. The number of nitrogens with one attached hydrogen (secondary N) is 1. The summed E-state index contributed by atoms with van der Waals surface area (Å²) in [4.78, 5) is 46.3. The standard InChI is InChI=1S/C27H14F5N3O7/c28-15-6-8-17(21(29)12-15)14-5-10-24(42-26(37)18-3-1-2-4-22(18)34(38)39)19(11-14)25(36)33-16-7-9-23(35(40)41)20(13-16)27(30,31)32/h1-13H,(H,33,36). The van der Waals surface area contributed by atoms with Crippen LogP contribution < -0.4 is 10.1 Å². The fourth-order valence-electron chi connectivity index (χ4n) is 3.85. The van der Waals surface area contributed by atoms with Crippen LogP contribution in [-0.2, 0) is 6.18 Å². The van der Waals surface area contributed by atoms with Gasteiger partial charge in [0.05, 0.1) is 15.4 Å². The van der Waals surface area contributed by atoms with Crippen molar-refractivity contribution in [2.24, 2.45) is 0 Å². The minimum atomic E-state index is -5.16. The number of halogens is 5. The van der Waals surface area contributed by atoms with E-state index in [0.717, 1.165) is 42.5 Å². The number of alkyl halides is 3. The zero-order valence-electron chi connectivity index (χ0n) is 20.6. The summed E-state index contributed by atoms with van der Waals surface area (Å²) < 4.78 is 73.4. The largest absolute Gasteiger partial charge is 0.423 e. The summed E-state index contributed by atoms with van der Waals surface area (Å²) in [6, 6.07) is 12.1. The van der Waals surface area contributed by atoms with Crippen LogP contribution in [0.4, 0.5) is 39.0 Å². The SMILES string of the molecule is O=C(Nc1ccc([N+](=O)[O-])c(C(F)(F)F)c1)c1cc(-c2ccc(F)cc2F)ccc1OC(=O)c1ccccc1[N+](=O)[O-]. The summed E-state index contributed by atoms with van der Waals surface area (Å²) in [5.41, 5.74) is -5.36. The van der Waals surface area contributed by atoms with Gasteiger partial charge < -0.3 is 10.1 Å². The van der Waals surface area contributed by atoms with E-state index in [4.69, 9.17) is 4.74 Å². The molecule has 0 atom stereocenters. The Morgan fingerprint density at radius 1 is 0.786 bits per heavy atom. The van der Waals surface area contributed by atoms with Gasteiger partial charge in [0.15, 0.2) is 0 Å². The first-order chi connectivity index (χ1) is 19.8. The van der Waals surface area contributed by atoms with E-state index < -0.39 is 79.0 Å². The van der Waals surface area contributed by atoms with Crippen LogP contribution in [0.5, 0.6) is 5.75 Å². The van der Waals surface area contributed by atoms with Crippen LogP contribution in [0, 0.1) is 31.9 Å². The number of rotatable bonds is 7. The van der Waals surface area contributed by atoms with Gasteiger partial charge in [-0.1, -0.05) is 18.2 Å². The van der Waals surface area contributed by atoms with Crippen molar-refractivity contribution in [1.82, 2.24) is 0 Å². The number of anilines is 1. The van der Waals surface area contributed by atoms with Crippen molar-refractivity contribution in [3.8, 4) is 16.9 Å². The number of hydrogen-bond donors (Lipinski definition) is 1. The summed E-state index contributed by atoms with van der Waals surface area (Å²) in [5.74, 6) is -4.93. The monoisotopic (exact) mass is 587 g/mol. The number of nitro benzene ring substituents is 2. The molecule has 42 heavy (non-hydrogen) atoms. The highest BCUT2D eigenvalue weighted by atomic mass is 19.4. The molecule has 4 rings (SSSR count). The van der Waals surface area contributed by atoms with E-state index in [0.29, 0.717) is 18.2 Å². The predicted octanol–water partition coefficient (Wildman–Crippen LogP) is 6.94. The first-order valence-corrected chi connectivity index (χ1v) is 11.5. The fraction of sp³-hybridized carbons (Fsp3) is 0.0370. The van der Waals surface area contributed by atoms with Gasteiger partial charge in [-0.05, 0) is 48.0 Å². The lowest BCUT2D eigenvalue weighted by Gasteiger charge is -2.14. The van der Waals surface area contributed by atoms with Crippen molar-refractivity contribution in [3.63, 3.8) is 0 Å². The zero-order valence-corrected chi connectivity index (χ0v) is 20.6. The molecule has 0 saturated carbocycles. The van der Waals surface area contributed by atoms with Crippen LogP contribution in [0.3, 0.4) is 0 Å². The average molecular weight is 587 g/mol. The van der Waals surface area contributed by atoms with Crippen molar-refractivity contribution in [2.45, 2.75) is 6.18 Å². The summed E-state index contributed by atoms with van der Waals surface area (Å²) in [5, 5.41) is 24.5. The van der Waals surface area contributed by atoms with E-state index >= 15 is 0 Å². The number of nitro groups is 2. The van der Waals surface area contributed by atoms with Crippen molar-refractivity contribution in [2.75, 3.05) is 5.32 Å². The Hall–Kier alpha value is -5.73. The molecule has 214 valence electrons. The van der Waals surface area contributed by atoms with E-state index in [2.05, 4.69) is 5.32 Å². The molecular formula is C27H14F5N3O7. The van der Waals surface area contributed by atoms with Crippen molar-refractivity contribution in [3.05, 3.63) is 127 Å². The normalized spacial score (nSPS) is 11.1. The summed E-state index contributed by atoms with van der Waals surface area (Å²) in [7, 11) is 0.